The van der Waals surface area contributed by atoms with Crippen LogP contribution in [0.5, 0.6) is 0 Å². The van der Waals surface area contributed by atoms with Gasteiger partial charge in [-0.05, 0) is 39.5 Å². The molecule has 2 aliphatic rings. The zero-order chi connectivity index (χ0) is 20.6. The molecule has 8 heteroatoms. The van der Waals surface area contributed by atoms with E-state index < -0.39 is 11.6 Å². The van der Waals surface area contributed by atoms with E-state index in [1.807, 2.05) is 27.7 Å². The van der Waals surface area contributed by atoms with Crippen LogP contribution in [-0.4, -0.2) is 62.1 Å². The minimum absolute atomic E-state index is 0.191. The molecule has 0 N–H and O–H groups in total. The molecule has 0 spiro atoms. The molecule has 2 saturated heterocycles. The van der Waals surface area contributed by atoms with Crippen molar-refractivity contribution < 1.29 is 38.0 Å². The van der Waals surface area contributed by atoms with Gasteiger partial charge < -0.3 is 28.4 Å². The number of hydrogen-bond donors (Lipinski definition) is 0. The normalized spacial score (nSPS) is 32.4. The van der Waals surface area contributed by atoms with Gasteiger partial charge >= 0.3 is 11.9 Å². The molecule has 0 aromatic heterocycles. The average molecular weight is 402 g/mol. The molecule has 2 aliphatic heterocycles. The predicted octanol–water partition coefficient (Wildman–Crippen LogP) is 2.72. The summed E-state index contributed by atoms with van der Waals surface area (Å²) in [4.78, 5) is 23.6. The van der Waals surface area contributed by atoms with Crippen molar-refractivity contribution >= 4 is 11.9 Å². The molecule has 4 unspecified atom stereocenters. The Kier molecular flexibility index (Phi) is 8.67. The molecule has 0 amide bonds. The van der Waals surface area contributed by atoms with Gasteiger partial charge in [-0.1, -0.05) is 13.8 Å². The van der Waals surface area contributed by atoms with E-state index in [0.717, 1.165) is 12.8 Å². The molecule has 0 bridgehead atoms. The average Bonchev–Trinajstić information content (AvgIpc) is 3.26. The zero-order valence-corrected chi connectivity index (χ0v) is 17.5. The number of carbonyl (C=O) groups excluding carboxylic acids is 2. The van der Waals surface area contributed by atoms with Crippen LogP contribution in [0.15, 0.2) is 0 Å². The summed E-state index contributed by atoms with van der Waals surface area (Å²) in [5.74, 6) is -1.75. The van der Waals surface area contributed by atoms with Gasteiger partial charge in [0, 0.05) is 12.8 Å². The largest absolute Gasteiger partial charge is 0.463 e. The van der Waals surface area contributed by atoms with E-state index in [9.17, 15) is 9.59 Å². The van der Waals surface area contributed by atoms with Gasteiger partial charge in [-0.25, -0.2) is 0 Å². The minimum atomic E-state index is -0.581. The first-order valence-corrected chi connectivity index (χ1v) is 10.2. The van der Waals surface area contributed by atoms with Gasteiger partial charge in [0.25, 0.3) is 0 Å². The summed E-state index contributed by atoms with van der Waals surface area (Å²) < 4.78 is 33.0. The number of esters is 2. The van der Waals surface area contributed by atoms with Crippen LogP contribution in [0, 0.1) is 0 Å². The highest BCUT2D eigenvalue weighted by molar-refractivity contribution is 5.70. The number of carbonyl (C=O) groups is 2. The van der Waals surface area contributed by atoms with Crippen molar-refractivity contribution in [1.82, 2.24) is 0 Å². The van der Waals surface area contributed by atoms with Gasteiger partial charge in [0.05, 0.1) is 13.2 Å². The van der Waals surface area contributed by atoms with Gasteiger partial charge in [0.15, 0.2) is 11.6 Å². The van der Waals surface area contributed by atoms with E-state index in [2.05, 4.69) is 0 Å². The maximum absolute atomic E-state index is 11.8. The second kappa shape index (κ2) is 10.5. The zero-order valence-electron chi connectivity index (χ0n) is 17.5. The molecule has 0 aromatic rings. The Hall–Kier alpha value is -1.22. The summed E-state index contributed by atoms with van der Waals surface area (Å²) in [6.07, 6.45) is 2.71. The van der Waals surface area contributed by atoms with E-state index >= 15 is 0 Å². The van der Waals surface area contributed by atoms with Crippen molar-refractivity contribution in [3.05, 3.63) is 0 Å². The topological polar surface area (TPSA) is 89.5 Å². The highest BCUT2D eigenvalue weighted by Gasteiger charge is 2.37. The fourth-order valence-corrected chi connectivity index (χ4v) is 2.97. The Morgan fingerprint density at radius 2 is 1.21 bits per heavy atom. The Bertz CT molecular complexity index is 478. The van der Waals surface area contributed by atoms with E-state index in [4.69, 9.17) is 28.4 Å². The summed E-state index contributed by atoms with van der Waals surface area (Å²) in [6, 6.07) is 0. The fourth-order valence-electron chi connectivity index (χ4n) is 2.97. The van der Waals surface area contributed by atoms with Gasteiger partial charge in [-0.3, -0.25) is 9.59 Å². The first-order chi connectivity index (χ1) is 13.3. The molecular formula is C20H34O8. The first-order valence-electron chi connectivity index (χ1n) is 10.2. The standard InChI is InChI=1S/C20H34O8/c1-5-19(3)25-13-15(27-19)11-23-17(21)9-7-8-10-18(22)24-12-16-14-26-20(4,6-2)28-16/h15-16H,5-14H2,1-4H3. The van der Waals surface area contributed by atoms with Crippen molar-refractivity contribution in [2.75, 3.05) is 26.4 Å². The maximum Gasteiger partial charge on any atom is 0.305 e. The highest BCUT2D eigenvalue weighted by Crippen LogP contribution is 2.27. The van der Waals surface area contributed by atoms with Crippen molar-refractivity contribution in [3.8, 4) is 0 Å². The maximum atomic E-state index is 11.8. The molecule has 0 aliphatic carbocycles. The summed E-state index contributed by atoms with van der Waals surface area (Å²) >= 11 is 0. The van der Waals surface area contributed by atoms with Crippen molar-refractivity contribution in [1.29, 1.82) is 0 Å². The molecular weight excluding hydrogens is 368 g/mol. The summed E-state index contributed by atoms with van der Waals surface area (Å²) in [6.45, 7) is 8.96. The minimum Gasteiger partial charge on any atom is -0.463 e. The van der Waals surface area contributed by atoms with Crippen LogP contribution in [0.2, 0.25) is 0 Å². The number of rotatable bonds is 11. The van der Waals surface area contributed by atoms with Gasteiger partial charge in [-0.15, -0.1) is 0 Å². The van der Waals surface area contributed by atoms with Crippen LogP contribution < -0.4 is 0 Å². The van der Waals surface area contributed by atoms with Crippen LogP contribution in [0.1, 0.15) is 66.2 Å². The number of hydrogen-bond acceptors (Lipinski definition) is 8. The van der Waals surface area contributed by atoms with Crippen molar-refractivity contribution in [2.24, 2.45) is 0 Å². The molecule has 162 valence electrons. The van der Waals surface area contributed by atoms with Crippen LogP contribution in [0.3, 0.4) is 0 Å². The molecule has 28 heavy (non-hydrogen) atoms. The van der Waals surface area contributed by atoms with Crippen LogP contribution in [0.4, 0.5) is 0 Å². The van der Waals surface area contributed by atoms with E-state index in [1.165, 1.54) is 0 Å². The number of unbranched alkanes of at least 4 members (excludes halogenated alkanes) is 1. The first kappa shape index (κ1) is 23.1. The summed E-state index contributed by atoms with van der Waals surface area (Å²) in [5, 5.41) is 0. The lowest BCUT2D eigenvalue weighted by atomic mass is 10.2. The smallest absolute Gasteiger partial charge is 0.305 e. The van der Waals surface area contributed by atoms with Gasteiger partial charge in [0.2, 0.25) is 0 Å². The monoisotopic (exact) mass is 402 g/mol. The molecule has 8 nitrogen and oxygen atoms in total. The van der Waals surface area contributed by atoms with Crippen LogP contribution >= 0.6 is 0 Å². The van der Waals surface area contributed by atoms with Gasteiger partial charge in [0.1, 0.15) is 25.4 Å². The summed E-state index contributed by atoms with van der Waals surface area (Å²) in [7, 11) is 0. The molecule has 2 heterocycles. The predicted molar refractivity (Wildman–Crippen MR) is 99.4 cm³/mol. The third-order valence-electron chi connectivity index (χ3n) is 5.14. The third kappa shape index (κ3) is 7.31. The molecule has 2 rings (SSSR count). The number of ether oxygens (including phenoxy) is 6. The Labute approximate surface area is 167 Å². The third-order valence-corrected chi connectivity index (χ3v) is 5.14. The Morgan fingerprint density at radius 3 is 1.54 bits per heavy atom. The van der Waals surface area contributed by atoms with Crippen LogP contribution in [0.25, 0.3) is 0 Å². The van der Waals surface area contributed by atoms with E-state index in [0.29, 0.717) is 26.1 Å². The fraction of sp³-hybridized carbons (Fsp3) is 0.900. The summed E-state index contributed by atoms with van der Waals surface area (Å²) in [5.41, 5.74) is 0. The Morgan fingerprint density at radius 1 is 0.821 bits per heavy atom. The molecule has 0 saturated carbocycles. The second-order valence-electron chi connectivity index (χ2n) is 7.65. The lowest BCUT2D eigenvalue weighted by Gasteiger charge is -2.21. The SMILES string of the molecule is CCC1(C)OCC(COC(=O)CCCCC(=O)OCC2COC(C)(CC)O2)O1. The molecule has 0 aromatic carbocycles. The molecule has 2 fully saturated rings. The van der Waals surface area contributed by atoms with E-state index in [1.54, 1.807) is 0 Å². The van der Waals surface area contributed by atoms with Crippen LogP contribution in [-0.2, 0) is 38.0 Å². The highest BCUT2D eigenvalue weighted by atomic mass is 16.8. The molecule has 0 radical (unpaired) electrons. The quantitative estimate of drug-likeness (QED) is 0.385. The lowest BCUT2D eigenvalue weighted by molar-refractivity contribution is -0.167. The Balaban J connectivity index is 1.48. The van der Waals surface area contributed by atoms with Gasteiger partial charge in [-0.2, -0.15) is 0 Å². The van der Waals surface area contributed by atoms with Crippen molar-refractivity contribution in [3.63, 3.8) is 0 Å². The van der Waals surface area contributed by atoms with Crippen molar-refractivity contribution in [2.45, 2.75) is 90.0 Å². The van der Waals surface area contributed by atoms with E-state index in [-0.39, 0.29) is 50.2 Å². The lowest BCUT2D eigenvalue weighted by Crippen LogP contribution is -2.27. The molecule has 4 atom stereocenters. The second-order valence-corrected chi connectivity index (χ2v) is 7.65.